The molecule has 6 amide bonds. The third-order valence-corrected chi connectivity index (χ3v) is 9.03. The standard InChI is InChI=1S/C38H54N6O7S/c1-21(2)16-27-34(47)41-30(18-24-10-8-7-9-11-24)36(49)44-32(23(5)6)38(51)42-29(19-25-12-14-26(45)15-13-25)35(48)43-31(20-52)37(50)40-28(17-22(3)4)33(46)39-27/h7-15,21-23,27-32,45,52H,16-20H2,1-6H3,(H,39,46)(H,40,50)(H,41,47)(H,42,51)(H,43,48)(H,44,49)/t27-,28-,29-,30-,31-,32-/m0/s1. The van der Waals surface area contributed by atoms with Gasteiger partial charge in [-0.3, -0.25) is 28.8 Å². The summed E-state index contributed by atoms with van der Waals surface area (Å²) in [6.45, 7) is 11.0. The van der Waals surface area contributed by atoms with E-state index in [0.717, 1.165) is 5.56 Å². The molecule has 0 spiro atoms. The number of carbonyl (C=O) groups excluding carboxylic acids is 6. The van der Waals surface area contributed by atoms with Crippen LogP contribution in [0.5, 0.6) is 5.75 Å². The summed E-state index contributed by atoms with van der Waals surface area (Å²) >= 11 is 4.30. The summed E-state index contributed by atoms with van der Waals surface area (Å²) in [7, 11) is 0. The molecule has 0 aliphatic carbocycles. The number of aromatic hydroxyl groups is 1. The highest BCUT2D eigenvalue weighted by Gasteiger charge is 2.36. The molecule has 0 unspecified atom stereocenters. The molecule has 1 fully saturated rings. The summed E-state index contributed by atoms with van der Waals surface area (Å²) in [5, 5.41) is 26.4. The van der Waals surface area contributed by atoms with Crippen LogP contribution >= 0.6 is 12.6 Å². The average Bonchev–Trinajstić information content (AvgIpc) is 3.08. The second kappa shape index (κ2) is 19.9. The maximum absolute atomic E-state index is 14.0. The normalized spacial score (nSPS) is 24.3. The number of benzene rings is 2. The molecule has 6 atom stereocenters. The van der Waals surface area contributed by atoms with E-state index in [4.69, 9.17) is 0 Å². The van der Waals surface area contributed by atoms with E-state index in [1.54, 1.807) is 26.0 Å². The molecule has 14 heteroatoms. The zero-order valence-electron chi connectivity index (χ0n) is 30.8. The molecule has 0 bridgehead atoms. The molecule has 13 nitrogen and oxygen atoms in total. The third-order valence-electron chi connectivity index (χ3n) is 8.67. The van der Waals surface area contributed by atoms with Crippen LogP contribution in [0.25, 0.3) is 0 Å². The van der Waals surface area contributed by atoms with Crippen LogP contribution < -0.4 is 31.9 Å². The summed E-state index contributed by atoms with van der Waals surface area (Å²) in [4.78, 5) is 83.1. The summed E-state index contributed by atoms with van der Waals surface area (Å²) in [5.41, 5.74) is 1.36. The number of nitrogens with one attached hydrogen (secondary N) is 6. The Bertz CT molecular complexity index is 1540. The monoisotopic (exact) mass is 738 g/mol. The van der Waals surface area contributed by atoms with Gasteiger partial charge in [-0.05, 0) is 53.9 Å². The SMILES string of the molecule is CC(C)C[C@@H]1NC(=O)[C@H](CS)NC(=O)[C@H](Cc2ccc(O)cc2)NC(=O)[C@H](C(C)C)NC(=O)[C@H](Cc2ccccc2)NC(=O)[C@H](CC(C)C)NC1=O. The van der Waals surface area contributed by atoms with Gasteiger partial charge in [0.05, 0.1) is 0 Å². The first kappa shape index (κ1) is 41.8. The Morgan fingerprint density at radius 1 is 0.519 bits per heavy atom. The minimum atomic E-state index is -1.21. The fraction of sp³-hybridized carbons (Fsp3) is 0.526. The molecule has 52 heavy (non-hydrogen) atoms. The van der Waals surface area contributed by atoms with E-state index in [0.29, 0.717) is 5.56 Å². The summed E-state index contributed by atoms with van der Waals surface area (Å²) in [6.07, 6.45) is 0.556. The highest BCUT2D eigenvalue weighted by Crippen LogP contribution is 2.15. The van der Waals surface area contributed by atoms with Gasteiger partial charge >= 0.3 is 0 Å². The van der Waals surface area contributed by atoms with Crippen molar-refractivity contribution in [3.05, 3.63) is 65.7 Å². The van der Waals surface area contributed by atoms with Crippen LogP contribution in [0.1, 0.15) is 65.5 Å². The van der Waals surface area contributed by atoms with E-state index in [2.05, 4.69) is 44.5 Å². The second-order valence-electron chi connectivity index (χ2n) is 14.5. The number of rotatable bonds is 10. The largest absolute Gasteiger partial charge is 0.508 e. The van der Waals surface area contributed by atoms with E-state index >= 15 is 0 Å². The van der Waals surface area contributed by atoms with Gasteiger partial charge in [0.15, 0.2) is 0 Å². The Kier molecular flexibility index (Phi) is 16.0. The second-order valence-corrected chi connectivity index (χ2v) is 14.9. The predicted octanol–water partition coefficient (Wildman–Crippen LogP) is 1.78. The Balaban J connectivity index is 2.10. The van der Waals surface area contributed by atoms with E-state index in [-0.39, 0.29) is 49.0 Å². The Labute approximate surface area is 311 Å². The molecule has 2 aromatic carbocycles. The predicted molar refractivity (Wildman–Crippen MR) is 201 cm³/mol. The van der Waals surface area contributed by atoms with E-state index in [9.17, 15) is 33.9 Å². The van der Waals surface area contributed by atoms with Gasteiger partial charge in [0.2, 0.25) is 35.4 Å². The molecule has 1 aliphatic rings. The maximum atomic E-state index is 14.0. The van der Waals surface area contributed by atoms with Crippen molar-refractivity contribution in [1.82, 2.24) is 31.9 Å². The minimum absolute atomic E-state index is 0.0141. The number of hydrogen-bond donors (Lipinski definition) is 8. The van der Waals surface area contributed by atoms with Crippen molar-refractivity contribution < 1.29 is 33.9 Å². The van der Waals surface area contributed by atoms with Crippen LogP contribution in [-0.2, 0) is 41.6 Å². The van der Waals surface area contributed by atoms with Crippen molar-refractivity contribution in [2.24, 2.45) is 17.8 Å². The topological polar surface area (TPSA) is 195 Å². The van der Waals surface area contributed by atoms with E-state index < -0.39 is 77.6 Å². The highest BCUT2D eigenvalue weighted by molar-refractivity contribution is 7.80. The van der Waals surface area contributed by atoms with Crippen molar-refractivity contribution in [1.29, 1.82) is 0 Å². The molecular formula is C38H54N6O7S. The first-order chi connectivity index (χ1) is 24.6. The molecular weight excluding hydrogens is 685 g/mol. The molecule has 284 valence electrons. The minimum Gasteiger partial charge on any atom is -0.508 e. The number of carbonyl (C=O) groups is 6. The lowest BCUT2D eigenvalue weighted by Gasteiger charge is -2.30. The van der Waals surface area contributed by atoms with Crippen LogP contribution in [0.15, 0.2) is 54.6 Å². The fourth-order valence-corrected chi connectivity index (χ4v) is 6.13. The number of phenols is 1. The van der Waals surface area contributed by atoms with Gasteiger partial charge in [-0.1, -0.05) is 84.0 Å². The number of amides is 6. The van der Waals surface area contributed by atoms with Crippen LogP contribution in [-0.4, -0.2) is 82.6 Å². The van der Waals surface area contributed by atoms with Gasteiger partial charge in [0, 0.05) is 18.6 Å². The quantitative estimate of drug-likeness (QED) is 0.170. The zero-order valence-corrected chi connectivity index (χ0v) is 31.7. The van der Waals surface area contributed by atoms with Crippen molar-refractivity contribution in [3.63, 3.8) is 0 Å². The molecule has 0 saturated carbocycles. The van der Waals surface area contributed by atoms with Crippen molar-refractivity contribution >= 4 is 48.1 Å². The Hall–Kier alpha value is -4.59. The van der Waals surface area contributed by atoms with Gasteiger partial charge in [0.1, 0.15) is 42.0 Å². The van der Waals surface area contributed by atoms with Gasteiger partial charge < -0.3 is 37.0 Å². The molecule has 1 aliphatic heterocycles. The average molecular weight is 739 g/mol. The lowest BCUT2D eigenvalue weighted by Crippen LogP contribution is -2.62. The number of thiol groups is 1. The van der Waals surface area contributed by atoms with Gasteiger partial charge in [0.25, 0.3) is 0 Å². The third kappa shape index (κ3) is 12.9. The van der Waals surface area contributed by atoms with Gasteiger partial charge in [-0.2, -0.15) is 12.6 Å². The zero-order chi connectivity index (χ0) is 38.5. The molecule has 0 aromatic heterocycles. The fourth-order valence-electron chi connectivity index (χ4n) is 5.88. The lowest BCUT2D eigenvalue weighted by molar-refractivity contribution is -0.137. The smallest absolute Gasteiger partial charge is 0.244 e. The molecule has 0 radical (unpaired) electrons. The van der Waals surface area contributed by atoms with Crippen LogP contribution in [0.2, 0.25) is 0 Å². The highest BCUT2D eigenvalue weighted by atomic mass is 32.1. The molecule has 3 rings (SSSR count). The molecule has 7 N–H and O–H groups in total. The van der Waals surface area contributed by atoms with Crippen molar-refractivity contribution in [2.75, 3.05) is 5.75 Å². The van der Waals surface area contributed by atoms with E-state index in [1.807, 2.05) is 58.0 Å². The van der Waals surface area contributed by atoms with Crippen LogP contribution in [0.4, 0.5) is 0 Å². The molecule has 1 saturated heterocycles. The number of hydrogen-bond acceptors (Lipinski definition) is 8. The van der Waals surface area contributed by atoms with E-state index in [1.165, 1.54) is 12.1 Å². The van der Waals surface area contributed by atoms with Crippen molar-refractivity contribution in [2.45, 2.75) is 103 Å². The summed E-state index contributed by atoms with van der Waals surface area (Å²) in [6, 6.07) is 8.41. The van der Waals surface area contributed by atoms with Crippen molar-refractivity contribution in [3.8, 4) is 5.75 Å². The molecule has 1 heterocycles. The Morgan fingerprint density at radius 2 is 0.904 bits per heavy atom. The first-order valence-electron chi connectivity index (χ1n) is 17.8. The lowest BCUT2D eigenvalue weighted by atomic mass is 9.98. The van der Waals surface area contributed by atoms with Gasteiger partial charge in [-0.15, -0.1) is 0 Å². The summed E-state index contributed by atoms with van der Waals surface area (Å²) < 4.78 is 0. The van der Waals surface area contributed by atoms with Crippen LogP contribution in [0, 0.1) is 17.8 Å². The maximum Gasteiger partial charge on any atom is 0.244 e. The summed E-state index contributed by atoms with van der Waals surface area (Å²) in [5.74, 6) is -4.42. The number of phenolic OH excluding ortho intramolecular Hbond substituents is 1. The van der Waals surface area contributed by atoms with Gasteiger partial charge in [-0.25, -0.2) is 0 Å². The van der Waals surface area contributed by atoms with Crippen LogP contribution in [0.3, 0.4) is 0 Å². The molecule has 2 aromatic rings. The first-order valence-corrected chi connectivity index (χ1v) is 18.5. The Morgan fingerprint density at radius 3 is 1.37 bits per heavy atom.